The van der Waals surface area contributed by atoms with Gasteiger partial charge in [-0.2, -0.15) is 0 Å². The number of aromatic nitrogens is 1. The highest BCUT2D eigenvalue weighted by molar-refractivity contribution is 7.89. The molecular weight excluding hydrogens is 358 g/mol. The lowest BCUT2D eigenvalue weighted by Gasteiger charge is -2.07. The van der Waals surface area contributed by atoms with E-state index in [-0.39, 0.29) is 4.90 Å². The third-order valence-corrected chi connectivity index (χ3v) is 5.84. The van der Waals surface area contributed by atoms with Crippen molar-refractivity contribution in [3.63, 3.8) is 0 Å². The zero-order valence-corrected chi connectivity index (χ0v) is 14.9. The van der Waals surface area contributed by atoms with E-state index < -0.39 is 15.9 Å². The first kappa shape index (κ1) is 17.3. The largest absolute Gasteiger partial charge is 0.278 e. The summed E-state index contributed by atoms with van der Waals surface area (Å²) < 4.78 is 24.3. The van der Waals surface area contributed by atoms with Crippen LogP contribution < -0.4 is 10.3 Å². The quantitative estimate of drug-likeness (QED) is 0.673. The maximum Gasteiger partial charge on any atom is 0.278 e. The molecule has 0 radical (unpaired) electrons. The van der Waals surface area contributed by atoms with Gasteiger partial charge in [0.25, 0.3) is 15.9 Å². The second-order valence-electron chi connectivity index (χ2n) is 5.17. The number of sulfonamides is 1. The summed E-state index contributed by atoms with van der Waals surface area (Å²) in [4.78, 5) is 19.2. The molecule has 8 heteroatoms. The molecule has 0 fully saturated rings. The lowest BCUT2D eigenvalue weighted by molar-refractivity contribution is 0.0948. The molecule has 0 saturated heterocycles. The first-order chi connectivity index (χ1) is 12.0. The molecule has 0 aliphatic carbocycles. The van der Waals surface area contributed by atoms with Crippen LogP contribution in [0.15, 0.2) is 65.6 Å². The van der Waals surface area contributed by atoms with Crippen LogP contribution >= 0.6 is 11.3 Å². The number of thiazole rings is 1. The van der Waals surface area contributed by atoms with Crippen molar-refractivity contribution in [2.75, 3.05) is 0 Å². The van der Waals surface area contributed by atoms with Crippen LogP contribution in [0.3, 0.4) is 0 Å². The Hall–Kier alpha value is -2.55. The lowest BCUT2D eigenvalue weighted by Crippen LogP contribution is -2.41. The van der Waals surface area contributed by atoms with E-state index in [1.54, 1.807) is 25.1 Å². The predicted octanol–water partition coefficient (Wildman–Crippen LogP) is 2.74. The zero-order valence-electron chi connectivity index (χ0n) is 13.3. The number of aryl methyl sites for hydroxylation is 1. The first-order valence-electron chi connectivity index (χ1n) is 7.37. The van der Waals surface area contributed by atoms with E-state index in [0.29, 0.717) is 15.6 Å². The smallest absolute Gasteiger partial charge is 0.273 e. The number of carbonyl (C=O) groups is 1. The van der Waals surface area contributed by atoms with Gasteiger partial charge in [-0.05, 0) is 19.1 Å². The number of nitrogens with zero attached hydrogens (tertiary/aromatic N) is 1. The lowest BCUT2D eigenvalue weighted by atomic mass is 10.2. The van der Waals surface area contributed by atoms with Gasteiger partial charge >= 0.3 is 0 Å². The maximum absolute atomic E-state index is 12.3. The normalized spacial score (nSPS) is 11.2. The Bertz CT molecular complexity index is 984. The highest BCUT2D eigenvalue weighted by Gasteiger charge is 2.19. The Kier molecular flexibility index (Phi) is 4.93. The molecule has 0 unspecified atom stereocenters. The number of hydrazine groups is 1. The van der Waals surface area contributed by atoms with E-state index in [1.807, 2.05) is 30.3 Å². The molecule has 3 aromatic rings. The van der Waals surface area contributed by atoms with Crippen molar-refractivity contribution in [2.24, 2.45) is 0 Å². The van der Waals surface area contributed by atoms with Crippen LogP contribution in [-0.2, 0) is 10.0 Å². The van der Waals surface area contributed by atoms with E-state index in [1.165, 1.54) is 23.5 Å². The Morgan fingerprint density at radius 1 is 1.00 bits per heavy atom. The second kappa shape index (κ2) is 7.14. The Morgan fingerprint density at radius 3 is 2.24 bits per heavy atom. The van der Waals surface area contributed by atoms with Gasteiger partial charge < -0.3 is 0 Å². The van der Waals surface area contributed by atoms with E-state index in [9.17, 15) is 13.2 Å². The average molecular weight is 373 g/mol. The van der Waals surface area contributed by atoms with Crippen molar-refractivity contribution in [1.29, 1.82) is 0 Å². The number of hydrogen-bond acceptors (Lipinski definition) is 5. The SMILES string of the molecule is Cc1nc(-c2ccccc2)sc1C(=O)NNS(=O)(=O)c1ccccc1. The van der Waals surface area contributed by atoms with Crippen LogP contribution in [0.25, 0.3) is 10.6 Å². The van der Waals surface area contributed by atoms with E-state index in [4.69, 9.17) is 0 Å². The standard InChI is InChI=1S/C17H15N3O3S2/c1-12-15(24-17(18-12)13-8-4-2-5-9-13)16(21)19-20-25(22,23)14-10-6-3-7-11-14/h2-11,20H,1H3,(H,19,21). The minimum Gasteiger partial charge on any atom is -0.273 e. The van der Waals surface area contributed by atoms with Gasteiger partial charge in [0, 0.05) is 5.56 Å². The number of rotatable bonds is 5. The van der Waals surface area contributed by atoms with Crippen molar-refractivity contribution in [2.45, 2.75) is 11.8 Å². The van der Waals surface area contributed by atoms with Crippen molar-refractivity contribution in [3.8, 4) is 10.6 Å². The van der Waals surface area contributed by atoms with E-state index in [0.717, 1.165) is 5.56 Å². The van der Waals surface area contributed by atoms with Gasteiger partial charge in [-0.25, -0.2) is 13.4 Å². The molecule has 25 heavy (non-hydrogen) atoms. The monoisotopic (exact) mass is 373 g/mol. The van der Waals surface area contributed by atoms with Crippen LogP contribution in [0.2, 0.25) is 0 Å². The molecule has 1 aromatic heterocycles. The summed E-state index contributed by atoms with van der Waals surface area (Å²) >= 11 is 1.21. The summed E-state index contributed by atoms with van der Waals surface area (Å²) in [6, 6.07) is 17.3. The molecule has 0 atom stereocenters. The molecule has 3 rings (SSSR count). The van der Waals surface area contributed by atoms with Crippen LogP contribution in [0.4, 0.5) is 0 Å². The van der Waals surface area contributed by atoms with Crippen molar-refractivity contribution < 1.29 is 13.2 Å². The third-order valence-electron chi connectivity index (χ3n) is 3.38. The molecular formula is C17H15N3O3S2. The van der Waals surface area contributed by atoms with E-state index >= 15 is 0 Å². The summed E-state index contributed by atoms with van der Waals surface area (Å²) in [7, 11) is -3.82. The third kappa shape index (κ3) is 3.93. The fourth-order valence-corrected chi connectivity index (χ4v) is 3.97. The van der Waals surface area contributed by atoms with Gasteiger partial charge in [0.05, 0.1) is 10.6 Å². The molecule has 0 aliphatic rings. The fourth-order valence-electron chi connectivity index (χ4n) is 2.14. The molecule has 0 spiro atoms. The molecule has 128 valence electrons. The van der Waals surface area contributed by atoms with Crippen LogP contribution in [0.1, 0.15) is 15.4 Å². The number of hydrogen-bond donors (Lipinski definition) is 2. The highest BCUT2D eigenvalue weighted by atomic mass is 32.2. The molecule has 2 aromatic carbocycles. The van der Waals surface area contributed by atoms with Crippen molar-refractivity contribution in [1.82, 2.24) is 15.2 Å². The summed E-state index contributed by atoms with van der Waals surface area (Å²) in [6.45, 7) is 1.71. The van der Waals surface area contributed by atoms with Crippen molar-refractivity contribution >= 4 is 27.3 Å². The summed E-state index contributed by atoms with van der Waals surface area (Å²) in [5.41, 5.74) is 3.68. The van der Waals surface area contributed by atoms with E-state index in [2.05, 4.69) is 15.2 Å². The molecule has 0 bridgehead atoms. The van der Waals surface area contributed by atoms with Gasteiger partial charge in [-0.15, -0.1) is 16.2 Å². The van der Waals surface area contributed by atoms with Gasteiger partial charge in [0.15, 0.2) is 0 Å². The Morgan fingerprint density at radius 2 is 1.60 bits per heavy atom. The Balaban J connectivity index is 1.75. The summed E-state index contributed by atoms with van der Waals surface area (Å²) in [5.74, 6) is -0.545. The Labute approximate surface area is 149 Å². The number of nitrogens with one attached hydrogen (secondary N) is 2. The molecule has 1 heterocycles. The van der Waals surface area contributed by atoms with Gasteiger partial charge in [-0.1, -0.05) is 48.5 Å². The average Bonchev–Trinajstić information content (AvgIpc) is 3.03. The summed E-state index contributed by atoms with van der Waals surface area (Å²) in [6.07, 6.45) is 0. The number of carbonyl (C=O) groups excluding carboxylic acids is 1. The minimum atomic E-state index is -3.82. The number of amides is 1. The van der Waals surface area contributed by atoms with Crippen LogP contribution in [0, 0.1) is 6.92 Å². The van der Waals surface area contributed by atoms with Gasteiger partial charge in [0.2, 0.25) is 0 Å². The van der Waals surface area contributed by atoms with Crippen molar-refractivity contribution in [3.05, 3.63) is 71.2 Å². The van der Waals surface area contributed by atoms with Crippen LogP contribution in [0.5, 0.6) is 0 Å². The molecule has 0 saturated carbocycles. The molecule has 6 nitrogen and oxygen atoms in total. The van der Waals surface area contributed by atoms with Crippen LogP contribution in [-0.4, -0.2) is 19.3 Å². The first-order valence-corrected chi connectivity index (χ1v) is 9.67. The van der Waals surface area contributed by atoms with Gasteiger partial charge in [0.1, 0.15) is 9.88 Å². The topological polar surface area (TPSA) is 88.2 Å². The van der Waals surface area contributed by atoms with Gasteiger partial charge in [-0.3, -0.25) is 10.2 Å². The molecule has 1 amide bonds. The molecule has 0 aliphatic heterocycles. The zero-order chi connectivity index (χ0) is 17.9. The second-order valence-corrected chi connectivity index (χ2v) is 7.85. The number of benzene rings is 2. The molecule has 2 N–H and O–H groups in total. The summed E-state index contributed by atoms with van der Waals surface area (Å²) in [5, 5.41) is 0.703. The fraction of sp³-hybridized carbons (Fsp3) is 0.0588. The maximum atomic E-state index is 12.3. The predicted molar refractivity (Wildman–Crippen MR) is 96.5 cm³/mol. The minimum absolute atomic E-state index is 0.0706. The highest BCUT2D eigenvalue weighted by Crippen LogP contribution is 2.27.